The van der Waals surface area contributed by atoms with Crippen LogP contribution in [0.15, 0.2) is 0 Å². The van der Waals surface area contributed by atoms with E-state index in [0.29, 0.717) is 0 Å². The van der Waals surface area contributed by atoms with Crippen LogP contribution in [-0.2, 0) is 0 Å². The van der Waals surface area contributed by atoms with Crippen molar-refractivity contribution < 1.29 is 0 Å². The number of rotatable bonds is 3. The lowest BCUT2D eigenvalue weighted by Crippen LogP contribution is -2.34. The molecule has 0 aromatic heterocycles. The molecule has 0 atom stereocenters. The first kappa shape index (κ1) is 9.05. The van der Waals surface area contributed by atoms with Crippen LogP contribution in [0.25, 0.3) is 0 Å². The normalized spacial score (nSPS) is 12.0. The van der Waals surface area contributed by atoms with Crippen LogP contribution >= 0.6 is 33.2 Å². The molecule has 0 rings (SSSR count). The second kappa shape index (κ2) is 3.96. The van der Waals surface area contributed by atoms with Crippen LogP contribution in [0.4, 0.5) is 0 Å². The highest BCUT2D eigenvalue weighted by molar-refractivity contribution is 7.63. The fourth-order valence-electron chi connectivity index (χ4n) is 0.267. The summed E-state index contributed by atoms with van der Waals surface area (Å²) in [5.74, 6) is 0. The van der Waals surface area contributed by atoms with E-state index < -0.39 is 6.16 Å². The summed E-state index contributed by atoms with van der Waals surface area (Å²) in [5.41, 5.74) is 0. The number of nitrogens with one attached hydrogen (secondary N) is 1. The zero-order valence-corrected chi connectivity index (χ0v) is 7.82. The highest BCUT2D eigenvalue weighted by Gasteiger charge is 2.23. The summed E-state index contributed by atoms with van der Waals surface area (Å²) in [6, 6.07) is 0. The van der Waals surface area contributed by atoms with Gasteiger partial charge in [0.2, 0.25) is 0 Å². The van der Waals surface area contributed by atoms with Gasteiger partial charge < -0.3 is 4.98 Å². The molecule has 0 aromatic carbocycles. The number of hydrogen-bond acceptors (Lipinski definition) is 1. The van der Waals surface area contributed by atoms with Crippen molar-refractivity contribution in [3.8, 4) is 0 Å². The van der Waals surface area contributed by atoms with Crippen molar-refractivity contribution >= 4 is 39.4 Å². The molecule has 1 N–H and O–H groups in total. The first-order valence-electron chi connectivity index (χ1n) is 2.38. The zero-order valence-electron chi connectivity index (χ0n) is 4.55. The summed E-state index contributed by atoms with van der Waals surface area (Å²) >= 11 is 16.4. The van der Waals surface area contributed by atoms with E-state index in [0.717, 1.165) is 13.0 Å². The summed E-state index contributed by atoms with van der Waals surface area (Å²) < 4.78 is 0. The van der Waals surface area contributed by atoms with Crippen LogP contribution in [0.5, 0.6) is 0 Å². The minimum atomic E-state index is -2.51. The first-order chi connectivity index (χ1) is 3.56. The van der Waals surface area contributed by atoms with E-state index >= 15 is 0 Å². The molecule has 0 aromatic rings. The molecule has 50 valence electrons. The van der Waals surface area contributed by atoms with Gasteiger partial charge in [0, 0.05) is 0 Å². The van der Waals surface area contributed by atoms with Gasteiger partial charge in [0.1, 0.15) is 0 Å². The van der Waals surface area contributed by atoms with Crippen molar-refractivity contribution in [2.24, 2.45) is 0 Å². The maximum Gasteiger partial charge on any atom is 0.421 e. The van der Waals surface area contributed by atoms with E-state index in [1.165, 1.54) is 0 Å². The quantitative estimate of drug-likeness (QED) is 0.534. The summed E-state index contributed by atoms with van der Waals surface area (Å²) in [5, 5.41) is 0. The van der Waals surface area contributed by atoms with Crippen LogP contribution in [-0.4, -0.2) is 12.7 Å². The molecule has 0 heterocycles. The molecule has 1 nitrogen and oxygen atoms in total. The fraction of sp³-hybridized carbons (Fsp3) is 1.00. The molecule has 0 unspecified atom stereocenters. The van der Waals surface area contributed by atoms with Crippen molar-refractivity contribution in [2.45, 2.75) is 13.3 Å². The summed E-state index contributed by atoms with van der Waals surface area (Å²) in [7, 11) is 0. The Morgan fingerprint density at radius 2 is 1.88 bits per heavy atom. The maximum absolute atomic E-state index is 5.47. The second-order valence-corrected chi connectivity index (χ2v) is 9.62. The lowest BCUT2D eigenvalue weighted by molar-refractivity contribution is 0.861. The third kappa shape index (κ3) is 7.05. The highest BCUT2D eigenvalue weighted by Crippen LogP contribution is 2.14. The van der Waals surface area contributed by atoms with Crippen LogP contribution in [0, 0.1) is 0 Å². The van der Waals surface area contributed by atoms with E-state index in [2.05, 4.69) is 4.98 Å². The topological polar surface area (TPSA) is 12.0 Å². The van der Waals surface area contributed by atoms with Crippen LogP contribution in [0.1, 0.15) is 13.3 Å². The van der Waals surface area contributed by atoms with Gasteiger partial charge in [0.25, 0.3) is 0 Å². The van der Waals surface area contributed by atoms with Gasteiger partial charge in [-0.3, -0.25) is 0 Å². The molecule has 0 saturated carbocycles. The Kier molecular flexibility index (Phi) is 4.48. The van der Waals surface area contributed by atoms with Crippen molar-refractivity contribution in [1.29, 1.82) is 0 Å². The highest BCUT2D eigenvalue weighted by atomic mass is 35.8. The minimum Gasteiger partial charge on any atom is -0.301 e. The number of halogens is 3. The molecule has 5 heteroatoms. The predicted octanol–water partition coefficient (Wildman–Crippen LogP) is 2.14. The predicted molar refractivity (Wildman–Crippen MR) is 41.6 cm³/mol. The minimum absolute atomic E-state index is 0.794. The van der Waals surface area contributed by atoms with Gasteiger partial charge in [-0.2, -0.15) is 0 Å². The summed E-state index contributed by atoms with van der Waals surface area (Å²) in [6.07, 6.45) is -1.51. The smallest absolute Gasteiger partial charge is 0.301 e. The van der Waals surface area contributed by atoms with E-state index in [1.54, 1.807) is 0 Å². The average molecular weight is 193 g/mol. The number of hydrogen-bond donors (Lipinski definition) is 1. The molecular formula is C3H8Cl3NSi. The Morgan fingerprint density at radius 3 is 2.00 bits per heavy atom. The Balaban J connectivity index is 3.11. The molecule has 0 radical (unpaired) electrons. The van der Waals surface area contributed by atoms with Gasteiger partial charge >= 0.3 is 6.16 Å². The van der Waals surface area contributed by atoms with Crippen molar-refractivity contribution in [1.82, 2.24) is 4.98 Å². The van der Waals surface area contributed by atoms with Gasteiger partial charge in [0.05, 0.1) is 0 Å². The van der Waals surface area contributed by atoms with Gasteiger partial charge in [-0.15, -0.1) is 33.2 Å². The molecule has 0 spiro atoms. The molecule has 0 fully saturated rings. The maximum atomic E-state index is 5.47. The van der Waals surface area contributed by atoms with Crippen molar-refractivity contribution in [2.75, 3.05) is 6.54 Å². The molecular weight excluding hydrogens is 184 g/mol. The van der Waals surface area contributed by atoms with Crippen molar-refractivity contribution in [3.63, 3.8) is 0 Å². The monoisotopic (exact) mass is 191 g/mol. The van der Waals surface area contributed by atoms with Crippen LogP contribution in [0.2, 0.25) is 0 Å². The van der Waals surface area contributed by atoms with Gasteiger partial charge in [0.15, 0.2) is 0 Å². The van der Waals surface area contributed by atoms with E-state index in [4.69, 9.17) is 33.2 Å². The second-order valence-electron chi connectivity index (χ2n) is 1.42. The average Bonchev–Trinajstić information content (AvgIpc) is 1.59. The Bertz CT molecular complexity index is 62.0. The van der Waals surface area contributed by atoms with E-state index in [9.17, 15) is 0 Å². The van der Waals surface area contributed by atoms with Gasteiger partial charge in [-0.05, 0) is 13.0 Å². The SMILES string of the molecule is CCCN[Si](Cl)(Cl)Cl. The third-order valence-corrected chi connectivity index (χ3v) is 2.43. The fourth-order valence-corrected chi connectivity index (χ4v) is 1.65. The zero-order chi connectivity index (χ0) is 6.62. The molecule has 0 aliphatic heterocycles. The van der Waals surface area contributed by atoms with Gasteiger partial charge in [-0.1, -0.05) is 6.92 Å². The van der Waals surface area contributed by atoms with Gasteiger partial charge in [-0.25, -0.2) is 0 Å². The third-order valence-electron chi connectivity index (χ3n) is 0.575. The van der Waals surface area contributed by atoms with E-state index in [-0.39, 0.29) is 0 Å². The van der Waals surface area contributed by atoms with Crippen LogP contribution in [0.3, 0.4) is 0 Å². The molecule has 0 aliphatic carbocycles. The largest absolute Gasteiger partial charge is 0.421 e. The lowest BCUT2D eigenvalue weighted by Gasteiger charge is -2.06. The first-order valence-corrected chi connectivity index (χ1v) is 7.41. The Labute approximate surface area is 64.5 Å². The Morgan fingerprint density at radius 1 is 1.38 bits per heavy atom. The summed E-state index contributed by atoms with van der Waals surface area (Å²) in [6.45, 7) is 2.82. The Hall–Kier alpha value is 1.05. The van der Waals surface area contributed by atoms with E-state index in [1.807, 2.05) is 6.92 Å². The standard InChI is InChI=1S/C3H8Cl3NSi/c1-2-3-7-8(4,5)6/h7H,2-3H2,1H3. The molecule has 8 heavy (non-hydrogen) atoms. The van der Waals surface area contributed by atoms with Crippen LogP contribution < -0.4 is 4.98 Å². The lowest BCUT2D eigenvalue weighted by atomic mass is 10.5. The molecule has 0 amide bonds. The molecule has 0 aliphatic rings. The molecule has 0 bridgehead atoms. The summed E-state index contributed by atoms with van der Waals surface area (Å²) in [4.78, 5) is 2.81. The van der Waals surface area contributed by atoms with Crippen molar-refractivity contribution in [3.05, 3.63) is 0 Å². The molecule has 0 saturated heterocycles.